The van der Waals surface area contributed by atoms with Crippen molar-refractivity contribution < 1.29 is 35.9 Å². The van der Waals surface area contributed by atoms with E-state index in [1.165, 1.54) is 43.3 Å². The maximum atomic E-state index is 12.5. The highest BCUT2D eigenvalue weighted by Gasteiger charge is 2.30. The summed E-state index contributed by atoms with van der Waals surface area (Å²) in [7, 11) is -3.68. The smallest absolute Gasteiger partial charge is 0.416 e. The lowest BCUT2D eigenvalue weighted by Gasteiger charge is -2.14. The molecular formula is C17H16F3NO5S. The van der Waals surface area contributed by atoms with Gasteiger partial charge in [0.15, 0.2) is 6.10 Å². The van der Waals surface area contributed by atoms with E-state index < -0.39 is 33.8 Å². The van der Waals surface area contributed by atoms with E-state index in [1.54, 1.807) is 4.72 Å². The Bertz CT molecular complexity index is 894. The summed E-state index contributed by atoms with van der Waals surface area (Å²) >= 11 is 0. The molecule has 0 aliphatic heterocycles. The zero-order chi connectivity index (χ0) is 20.2. The van der Waals surface area contributed by atoms with Crippen molar-refractivity contribution in [3.63, 3.8) is 0 Å². The van der Waals surface area contributed by atoms with E-state index in [0.717, 1.165) is 18.4 Å². The average molecular weight is 403 g/mol. The van der Waals surface area contributed by atoms with Gasteiger partial charge in [-0.2, -0.15) is 13.2 Å². The monoisotopic (exact) mass is 403 g/mol. The van der Waals surface area contributed by atoms with Gasteiger partial charge >= 0.3 is 6.18 Å². The summed E-state index contributed by atoms with van der Waals surface area (Å²) in [6.45, 7) is 1.38. The predicted molar refractivity (Wildman–Crippen MR) is 91.0 cm³/mol. The molecule has 1 unspecified atom stereocenters. The Hall–Kier alpha value is -2.75. The molecule has 0 spiro atoms. The summed E-state index contributed by atoms with van der Waals surface area (Å²) in [6.07, 6.45) is -4.62. The Morgan fingerprint density at radius 2 is 1.41 bits per heavy atom. The first-order valence-corrected chi connectivity index (χ1v) is 9.47. The molecule has 1 amide bonds. The minimum Gasteiger partial charge on any atom is -0.481 e. The number of hydrogen-bond donors (Lipinski definition) is 1. The Morgan fingerprint density at radius 3 is 1.85 bits per heavy atom. The van der Waals surface area contributed by atoms with Gasteiger partial charge in [-0.25, -0.2) is 8.42 Å². The number of carbonyl (C=O) groups is 1. The number of halogens is 3. The van der Waals surface area contributed by atoms with Gasteiger partial charge in [-0.3, -0.25) is 9.52 Å². The fraction of sp³-hybridized carbons (Fsp3) is 0.235. The number of carbonyl (C=O) groups excluding carboxylic acids is 1. The zero-order valence-electron chi connectivity index (χ0n) is 14.3. The third kappa shape index (κ3) is 6.48. The van der Waals surface area contributed by atoms with Gasteiger partial charge in [0.05, 0.1) is 11.8 Å². The number of sulfonamides is 1. The average Bonchev–Trinajstić information content (AvgIpc) is 2.55. The maximum Gasteiger partial charge on any atom is 0.416 e. The minimum absolute atomic E-state index is 0.220. The van der Waals surface area contributed by atoms with Crippen LogP contribution in [0.2, 0.25) is 0 Å². The van der Waals surface area contributed by atoms with E-state index in [9.17, 15) is 26.4 Å². The van der Waals surface area contributed by atoms with Crippen LogP contribution in [0, 0.1) is 0 Å². The van der Waals surface area contributed by atoms with E-state index in [4.69, 9.17) is 9.47 Å². The lowest BCUT2D eigenvalue weighted by molar-refractivity contribution is -0.137. The molecule has 1 N–H and O–H groups in total. The van der Waals surface area contributed by atoms with Crippen molar-refractivity contribution >= 4 is 15.9 Å². The number of alkyl halides is 3. The van der Waals surface area contributed by atoms with Crippen LogP contribution in [0.3, 0.4) is 0 Å². The molecule has 0 aromatic heterocycles. The summed E-state index contributed by atoms with van der Waals surface area (Å²) in [5, 5.41) is 0. The number of hydrogen-bond acceptors (Lipinski definition) is 5. The Kier molecular flexibility index (Phi) is 5.99. The molecule has 0 aliphatic rings. The van der Waals surface area contributed by atoms with Gasteiger partial charge in [0.25, 0.3) is 5.91 Å². The van der Waals surface area contributed by atoms with Crippen LogP contribution in [0.15, 0.2) is 48.5 Å². The third-order valence-corrected chi connectivity index (χ3v) is 3.78. The fourth-order valence-corrected chi connectivity index (χ4v) is 2.49. The van der Waals surface area contributed by atoms with E-state index in [0.29, 0.717) is 5.75 Å². The second-order valence-electron chi connectivity index (χ2n) is 5.59. The largest absolute Gasteiger partial charge is 0.481 e. The Balaban J connectivity index is 1.98. The van der Waals surface area contributed by atoms with Crippen LogP contribution in [-0.2, 0) is 21.0 Å². The SMILES string of the molecule is CC(Oc1ccc(Oc2ccc(C(F)(F)F)cc2)cc1)C(=O)NS(C)(=O)=O. The van der Waals surface area contributed by atoms with Gasteiger partial charge in [-0.05, 0) is 55.5 Å². The zero-order valence-corrected chi connectivity index (χ0v) is 15.1. The van der Waals surface area contributed by atoms with E-state index in [1.807, 2.05) is 0 Å². The summed E-state index contributed by atoms with van der Waals surface area (Å²) in [5.74, 6) is 0.0291. The van der Waals surface area contributed by atoms with Crippen molar-refractivity contribution in [2.24, 2.45) is 0 Å². The normalized spacial score (nSPS) is 12.9. The van der Waals surface area contributed by atoms with Gasteiger partial charge in [0.2, 0.25) is 10.0 Å². The van der Waals surface area contributed by atoms with Gasteiger partial charge in [0, 0.05) is 0 Å². The van der Waals surface area contributed by atoms with Crippen LogP contribution in [0.5, 0.6) is 17.2 Å². The van der Waals surface area contributed by atoms with E-state index in [2.05, 4.69) is 0 Å². The molecule has 2 aromatic carbocycles. The summed E-state index contributed by atoms with van der Waals surface area (Å²) < 4.78 is 72.2. The number of rotatable bonds is 6. The van der Waals surface area contributed by atoms with Crippen LogP contribution in [0.1, 0.15) is 12.5 Å². The van der Waals surface area contributed by atoms with Crippen LogP contribution in [0.25, 0.3) is 0 Å². The molecule has 2 rings (SSSR count). The van der Waals surface area contributed by atoms with Crippen molar-refractivity contribution in [1.82, 2.24) is 4.72 Å². The van der Waals surface area contributed by atoms with Crippen LogP contribution < -0.4 is 14.2 Å². The van der Waals surface area contributed by atoms with Gasteiger partial charge in [0.1, 0.15) is 17.2 Å². The molecule has 0 aliphatic carbocycles. The second-order valence-corrected chi connectivity index (χ2v) is 7.34. The molecule has 1 atom stereocenters. The van der Waals surface area contributed by atoms with Gasteiger partial charge in [-0.1, -0.05) is 0 Å². The van der Waals surface area contributed by atoms with Crippen LogP contribution in [-0.4, -0.2) is 26.7 Å². The first-order chi connectivity index (χ1) is 12.4. The molecule has 0 radical (unpaired) electrons. The summed E-state index contributed by atoms with van der Waals surface area (Å²) in [6, 6.07) is 10.2. The molecule has 2 aromatic rings. The van der Waals surface area contributed by atoms with Crippen LogP contribution in [0.4, 0.5) is 13.2 Å². The standard InChI is InChI=1S/C17H16F3NO5S/c1-11(16(22)21-27(2,23)24)25-13-7-9-15(10-8-13)26-14-5-3-12(4-6-14)17(18,19)20/h3-11H,1-2H3,(H,21,22). The van der Waals surface area contributed by atoms with Crippen molar-refractivity contribution in [3.05, 3.63) is 54.1 Å². The van der Waals surface area contributed by atoms with Crippen molar-refractivity contribution in [1.29, 1.82) is 0 Å². The highest BCUT2D eigenvalue weighted by atomic mass is 32.2. The predicted octanol–water partition coefficient (Wildman–Crippen LogP) is 3.34. The highest BCUT2D eigenvalue weighted by Crippen LogP contribution is 2.31. The quantitative estimate of drug-likeness (QED) is 0.800. The van der Waals surface area contributed by atoms with Gasteiger partial charge in [-0.15, -0.1) is 0 Å². The molecular weight excluding hydrogens is 387 g/mol. The number of ether oxygens (including phenoxy) is 2. The first-order valence-electron chi connectivity index (χ1n) is 7.57. The van der Waals surface area contributed by atoms with Crippen LogP contribution >= 0.6 is 0 Å². The minimum atomic E-state index is -4.42. The molecule has 0 bridgehead atoms. The van der Waals surface area contributed by atoms with Crippen molar-refractivity contribution in [2.45, 2.75) is 19.2 Å². The topological polar surface area (TPSA) is 81.7 Å². The molecule has 0 fully saturated rings. The van der Waals surface area contributed by atoms with Crippen molar-refractivity contribution in [2.75, 3.05) is 6.26 Å². The van der Waals surface area contributed by atoms with Gasteiger partial charge < -0.3 is 9.47 Å². The van der Waals surface area contributed by atoms with E-state index in [-0.39, 0.29) is 11.5 Å². The molecule has 0 saturated carbocycles. The lowest BCUT2D eigenvalue weighted by Crippen LogP contribution is -2.39. The second kappa shape index (κ2) is 7.87. The third-order valence-electron chi connectivity index (χ3n) is 3.21. The maximum absolute atomic E-state index is 12.5. The summed E-state index contributed by atoms with van der Waals surface area (Å²) in [4.78, 5) is 11.6. The number of nitrogens with one attached hydrogen (secondary N) is 1. The fourth-order valence-electron chi connectivity index (χ4n) is 1.96. The lowest BCUT2D eigenvalue weighted by atomic mass is 10.2. The molecule has 0 saturated heterocycles. The van der Waals surface area contributed by atoms with E-state index >= 15 is 0 Å². The number of amides is 1. The highest BCUT2D eigenvalue weighted by molar-refractivity contribution is 7.89. The molecule has 10 heteroatoms. The Morgan fingerprint density at radius 1 is 0.963 bits per heavy atom. The Labute approximate surface area is 154 Å². The molecule has 6 nitrogen and oxygen atoms in total. The molecule has 27 heavy (non-hydrogen) atoms. The first kappa shape index (κ1) is 20.6. The molecule has 0 heterocycles. The number of benzene rings is 2. The summed E-state index contributed by atoms with van der Waals surface area (Å²) in [5.41, 5.74) is -0.778. The van der Waals surface area contributed by atoms with Crippen molar-refractivity contribution in [3.8, 4) is 17.2 Å². The molecule has 146 valence electrons.